The number of fused-ring (bicyclic) bond motifs is 1. The van der Waals surface area contributed by atoms with Gasteiger partial charge in [-0.2, -0.15) is 0 Å². The van der Waals surface area contributed by atoms with Crippen LogP contribution in [-0.4, -0.2) is 26.5 Å². The lowest BCUT2D eigenvalue weighted by Crippen LogP contribution is -2.26. The number of hydrogen-bond donors (Lipinski definition) is 1. The molecule has 0 saturated heterocycles. The highest BCUT2D eigenvalue weighted by atomic mass is 32.2. The summed E-state index contributed by atoms with van der Waals surface area (Å²) in [4.78, 5) is 10.8. The van der Waals surface area contributed by atoms with Gasteiger partial charge in [0.1, 0.15) is 0 Å². The molecule has 0 radical (unpaired) electrons. The molecule has 0 amide bonds. The molecule has 0 bridgehead atoms. The Balaban J connectivity index is 1.87. The van der Waals surface area contributed by atoms with Crippen molar-refractivity contribution < 1.29 is 18.3 Å². The number of rotatable bonds is 6. The predicted octanol–water partition coefficient (Wildman–Crippen LogP) is 3.68. The summed E-state index contributed by atoms with van der Waals surface area (Å²) in [6.45, 7) is 0. The molecule has 0 heterocycles. The zero-order valence-corrected chi connectivity index (χ0v) is 15.1. The van der Waals surface area contributed by atoms with Crippen molar-refractivity contribution >= 4 is 32.5 Å². The van der Waals surface area contributed by atoms with Gasteiger partial charge in [0.25, 0.3) is 10.0 Å². The summed E-state index contributed by atoms with van der Waals surface area (Å²) in [6, 6.07) is 19.6. The fourth-order valence-corrected chi connectivity index (χ4v) is 3.94. The van der Waals surface area contributed by atoms with E-state index in [1.165, 1.54) is 23.5 Å². The molecule has 0 spiro atoms. The van der Waals surface area contributed by atoms with E-state index in [0.29, 0.717) is 12.1 Å². The Kier molecular flexibility index (Phi) is 4.95. The van der Waals surface area contributed by atoms with Gasteiger partial charge in [-0.1, -0.05) is 42.5 Å². The van der Waals surface area contributed by atoms with Crippen LogP contribution in [0, 0.1) is 0 Å². The van der Waals surface area contributed by atoms with Crippen molar-refractivity contribution in [3.8, 4) is 0 Å². The van der Waals surface area contributed by atoms with Gasteiger partial charge in [0.15, 0.2) is 0 Å². The number of carbonyl (C=O) groups is 1. The number of carboxylic acids is 1. The minimum absolute atomic E-state index is 0.0170. The summed E-state index contributed by atoms with van der Waals surface area (Å²) < 4.78 is 27.0. The highest BCUT2D eigenvalue weighted by Gasteiger charge is 2.21. The van der Waals surface area contributed by atoms with Crippen LogP contribution in [0.15, 0.2) is 71.6 Å². The van der Waals surface area contributed by atoms with Crippen molar-refractivity contribution in [2.75, 3.05) is 11.4 Å². The van der Waals surface area contributed by atoms with Gasteiger partial charge in [-0.25, -0.2) is 8.42 Å². The van der Waals surface area contributed by atoms with Gasteiger partial charge < -0.3 is 5.11 Å². The molecular weight excluding hydrogens is 350 g/mol. The van der Waals surface area contributed by atoms with E-state index in [2.05, 4.69) is 0 Å². The average molecular weight is 369 g/mol. The van der Waals surface area contributed by atoms with Crippen LogP contribution in [0.1, 0.15) is 12.0 Å². The lowest BCUT2D eigenvalue weighted by molar-refractivity contribution is -0.136. The molecule has 3 rings (SSSR count). The summed E-state index contributed by atoms with van der Waals surface area (Å²) in [5.74, 6) is -0.877. The van der Waals surface area contributed by atoms with E-state index >= 15 is 0 Å². The van der Waals surface area contributed by atoms with Gasteiger partial charge in [0.05, 0.1) is 10.6 Å². The third-order valence-electron chi connectivity index (χ3n) is 4.31. The number of aryl methyl sites for hydroxylation is 1. The van der Waals surface area contributed by atoms with E-state index in [-0.39, 0.29) is 11.3 Å². The molecule has 0 unspecified atom stereocenters. The molecule has 0 aliphatic heterocycles. The van der Waals surface area contributed by atoms with E-state index < -0.39 is 16.0 Å². The maximum absolute atomic E-state index is 12.9. The quantitative estimate of drug-likeness (QED) is 0.719. The number of hydrogen-bond acceptors (Lipinski definition) is 3. The Morgan fingerprint density at radius 2 is 1.62 bits per heavy atom. The second kappa shape index (κ2) is 7.17. The summed E-state index contributed by atoms with van der Waals surface area (Å²) >= 11 is 0. The lowest BCUT2D eigenvalue weighted by Gasteiger charge is -2.20. The predicted molar refractivity (Wildman–Crippen MR) is 102 cm³/mol. The molecule has 0 aliphatic rings. The van der Waals surface area contributed by atoms with Gasteiger partial charge in [0.2, 0.25) is 0 Å². The van der Waals surface area contributed by atoms with Crippen LogP contribution in [0.3, 0.4) is 0 Å². The number of carboxylic acid groups (broad SMARTS) is 1. The first kappa shape index (κ1) is 17.9. The van der Waals surface area contributed by atoms with E-state index in [1.54, 1.807) is 18.2 Å². The van der Waals surface area contributed by atoms with Gasteiger partial charge in [0, 0.05) is 13.5 Å². The first-order valence-corrected chi connectivity index (χ1v) is 9.60. The number of benzene rings is 3. The van der Waals surface area contributed by atoms with Crippen LogP contribution < -0.4 is 4.31 Å². The van der Waals surface area contributed by atoms with Crippen LogP contribution in [0.2, 0.25) is 0 Å². The first-order chi connectivity index (χ1) is 12.4. The van der Waals surface area contributed by atoms with Crippen molar-refractivity contribution in [1.29, 1.82) is 0 Å². The number of aliphatic carboxylic acids is 1. The van der Waals surface area contributed by atoms with Crippen molar-refractivity contribution in [1.82, 2.24) is 0 Å². The summed E-state index contributed by atoms with van der Waals surface area (Å²) in [7, 11) is -2.17. The molecule has 0 atom stereocenters. The topological polar surface area (TPSA) is 74.7 Å². The second-order valence-electron chi connectivity index (χ2n) is 6.04. The van der Waals surface area contributed by atoms with E-state index in [1.807, 2.05) is 36.4 Å². The zero-order chi connectivity index (χ0) is 18.7. The summed E-state index contributed by atoms with van der Waals surface area (Å²) in [6.07, 6.45) is 0.388. The lowest BCUT2D eigenvalue weighted by atomic mass is 10.1. The van der Waals surface area contributed by atoms with E-state index in [0.717, 1.165) is 16.3 Å². The summed E-state index contributed by atoms with van der Waals surface area (Å²) in [5, 5.41) is 10.7. The Bertz CT molecular complexity index is 1040. The molecule has 0 fully saturated rings. The first-order valence-electron chi connectivity index (χ1n) is 8.16. The van der Waals surface area contributed by atoms with Crippen molar-refractivity contribution in [2.45, 2.75) is 17.7 Å². The van der Waals surface area contributed by atoms with Crippen molar-refractivity contribution in [3.63, 3.8) is 0 Å². The largest absolute Gasteiger partial charge is 0.481 e. The fraction of sp³-hybridized carbons (Fsp3) is 0.150. The Hall–Kier alpha value is -2.86. The Morgan fingerprint density at radius 3 is 2.27 bits per heavy atom. The standard InChI is InChI=1S/C20H19NO4S/c1-21(18-10-9-16-4-2-3-5-17(16)14-18)26(24,25)19-11-6-15(7-12-19)8-13-20(22)23/h2-7,9-12,14H,8,13H2,1H3,(H,22,23). The smallest absolute Gasteiger partial charge is 0.303 e. The average Bonchev–Trinajstić information content (AvgIpc) is 2.65. The molecular formula is C20H19NO4S. The van der Waals surface area contributed by atoms with Crippen LogP contribution in [-0.2, 0) is 21.2 Å². The minimum Gasteiger partial charge on any atom is -0.481 e. The van der Waals surface area contributed by atoms with Gasteiger partial charge in [-0.3, -0.25) is 9.10 Å². The molecule has 26 heavy (non-hydrogen) atoms. The summed E-state index contributed by atoms with van der Waals surface area (Å²) in [5.41, 5.74) is 1.37. The fourth-order valence-electron chi connectivity index (χ4n) is 2.75. The molecule has 3 aromatic rings. The Morgan fingerprint density at radius 1 is 0.962 bits per heavy atom. The third kappa shape index (κ3) is 3.70. The molecule has 0 saturated carbocycles. The van der Waals surface area contributed by atoms with Crippen LogP contribution in [0.5, 0.6) is 0 Å². The van der Waals surface area contributed by atoms with Crippen molar-refractivity contribution in [3.05, 3.63) is 72.3 Å². The molecule has 134 valence electrons. The number of sulfonamides is 1. The van der Waals surface area contributed by atoms with Gasteiger partial charge >= 0.3 is 5.97 Å². The maximum Gasteiger partial charge on any atom is 0.303 e. The highest BCUT2D eigenvalue weighted by molar-refractivity contribution is 7.92. The molecule has 5 nitrogen and oxygen atoms in total. The molecule has 0 aliphatic carbocycles. The molecule has 3 aromatic carbocycles. The number of nitrogens with zero attached hydrogens (tertiary/aromatic N) is 1. The Labute approximate surface area is 152 Å². The van der Waals surface area contributed by atoms with Crippen LogP contribution >= 0.6 is 0 Å². The van der Waals surface area contributed by atoms with E-state index in [4.69, 9.17) is 5.11 Å². The SMILES string of the molecule is CN(c1ccc2ccccc2c1)S(=O)(=O)c1ccc(CCC(=O)O)cc1. The molecule has 1 N–H and O–H groups in total. The molecule has 6 heteroatoms. The third-order valence-corrected chi connectivity index (χ3v) is 6.11. The number of anilines is 1. The van der Waals surface area contributed by atoms with E-state index in [9.17, 15) is 13.2 Å². The highest BCUT2D eigenvalue weighted by Crippen LogP contribution is 2.26. The van der Waals surface area contributed by atoms with Crippen molar-refractivity contribution in [2.24, 2.45) is 0 Å². The van der Waals surface area contributed by atoms with Crippen LogP contribution in [0.25, 0.3) is 10.8 Å². The minimum atomic E-state index is -3.69. The maximum atomic E-state index is 12.9. The monoisotopic (exact) mass is 369 g/mol. The van der Waals surface area contributed by atoms with Gasteiger partial charge in [-0.15, -0.1) is 0 Å². The van der Waals surface area contributed by atoms with Gasteiger partial charge in [-0.05, 0) is 47.0 Å². The van der Waals surface area contributed by atoms with Crippen LogP contribution in [0.4, 0.5) is 5.69 Å². The normalized spacial score (nSPS) is 11.4. The zero-order valence-electron chi connectivity index (χ0n) is 14.3. The molecule has 0 aromatic heterocycles. The second-order valence-corrected chi connectivity index (χ2v) is 8.01.